The molecule has 0 aromatic carbocycles. The molecule has 0 amide bonds. The fourth-order valence-electron chi connectivity index (χ4n) is 0.550. The Morgan fingerprint density at radius 1 is 1.57 bits per heavy atom. The zero-order valence-corrected chi connectivity index (χ0v) is 8.40. The minimum absolute atomic E-state index is 0.374. The number of nitrogens with zero attached hydrogens (tertiary/aromatic N) is 1. The molecule has 0 fully saturated rings. The van der Waals surface area contributed by atoms with E-state index in [1.54, 1.807) is 20.8 Å². The molecule has 1 atom stereocenters. The van der Waals surface area contributed by atoms with Crippen LogP contribution < -0.4 is 5.73 Å². The average Bonchev–Trinajstić information content (AvgIpc) is 2.00. The summed E-state index contributed by atoms with van der Waals surface area (Å²) in [5, 5.41) is 8.68. The summed E-state index contributed by atoms with van der Waals surface area (Å²) < 4.78 is 5.13. The van der Waals surface area contributed by atoms with Crippen LogP contribution in [-0.2, 0) is 14.3 Å². The maximum atomic E-state index is 10.7. The first-order valence-corrected chi connectivity index (χ1v) is 3.96. The molecule has 0 rings (SSSR count). The number of hydrogen-bond acceptors (Lipinski definition) is 5. The van der Waals surface area contributed by atoms with Crippen LogP contribution >= 0.6 is 0 Å². The maximum absolute atomic E-state index is 10.7. The number of rotatable bonds is 4. The predicted molar refractivity (Wildman–Crippen MR) is 48.4 cm³/mol. The number of nitrogens with two attached hydrogens (primary N) is 1. The molecule has 0 saturated carbocycles. The number of carboxylic acid groups (broad SMARTS) is 1. The van der Waals surface area contributed by atoms with Gasteiger partial charge in [0, 0.05) is 0 Å². The Labute approximate surface area is 81.8 Å². The van der Waals surface area contributed by atoms with Gasteiger partial charge in [-0.15, -0.1) is 0 Å². The lowest BCUT2D eigenvalue weighted by molar-refractivity contribution is -0.147. The molecule has 0 spiro atoms. The molecule has 14 heavy (non-hydrogen) atoms. The van der Waals surface area contributed by atoms with Gasteiger partial charge in [-0.05, 0) is 20.8 Å². The maximum Gasteiger partial charge on any atom is 0.349 e. The summed E-state index contributed by atoms with van der Waals surface area (Å²) in [6.45, 7) is 4.83. The zero-order valence-electron chi connectivity index (χ0n) is 8.40. The summed E-state index contributed by atoms with van der Waals surface area (Å²) in [6.07, 6.45) is 1.12. The van der Waals surface area contributed by atoms with Crippen LogP contribution in [0.15, 0.2) is 4.99 Å². The summed E-state index contributed by atoms with van der Waals surface area (Å²) in [6, 6.07) is 0. The lowest BCUT2D eigenvalue weighted by Gasteiger charge is -2.25. The van der Waals surface area contributed by atoms with Crippen molar-refractivity contribution in [2.45, 2.75) is 32.0 Å². The minimum Gasteiger partial charge on any atom is -0.478 e. The molecule has 0 radical (unpaired) electrons. The van der Waals surface area contributed by atoms with Crippen LogP contribution in [0.25, 0.3) is 0 Å². The smallest absolute Gasteiger partial charge is 0.349 e. The van der Waals surface area contributed by atoms with E-state index in [0.29, 0.717) is 0 Å². The number of aliphatic carboxylic acids is 1. The van der Waals surface area contributed by atoms with Gasteiger partial charge in [-0.2, -0.15) is 4.99 Å². The fourth-order valence-corrected chi connectivity index (χ4v) is 0.550. The third-order valence-corrected chi connectivity index (χ3v) is 1.34. The van der Waals surface area contributed by atoms with E-state index in [4.69, 9.17) is 15.6 Å². The largest absolute Gasteiger partial charge is 0.478 e. The first-order valence-electron chi connectivity index (χ1n) is 3.96. The van der Waals surface area contributed by atoms with E-state index in [2.05, 4.69) is 4.99 Å². The Balaban J connectivity index is 4.55. The third-order valence-electron chi connectivity index (χ3n) is 1.34. The van der Waals surface area contributed by atoms with E-state index in [-0.39, 0.29) is 6.61 Å². The second-order valence-electron chi connectivity index (χ2n) is 3.83. The fraction of sp³-hybridized carbons (Fsp3) is 0.750. The summed E-state index contributed by atoms with van der Waals surface area (Å²) in [4.78, 5) is 23.6. The van der Waals surface area contributed by atoms with E-state index < -0.39 is 17.2 Å². The topological polar surface area (TPSA) is 102 Å². The highest BCUT2D eigenvalue weighted by molar-refractivity contribution is 5.79. The van der Waals surface area contributed by atoms with Crippen molar-refractivity contribution in [3.8, 4) is 0 Å². The molecule has 0 aliphatic carbocycles. The van der Waals surface area contributed by atoms with E-state index in [0.717, 1.165) is 6.08 Å². The Morgan fingerprint density at radius 2 is 2.07 bits per heavy atom. The van der Waals surface area contributed by atoms with E-state index >= 15 is 0 Å². The van der Waals surface area contributed by atoms with Crippen LogP contribution in [-0.4, -0.2) is 35.0 Å². The van der Waals surface area contributed by atoms with Crippen LogP contribution in [0.1, 0.15) is 20.8 Å². The van der Waals surface area contributed by atoms with Gasteiger partial charge >= 0.3 is 5.97 Å². The van der Waals surface area contributed by atoms with Crippen molar-refractivity contribution in [2.75, 3.05) is 6.61 Å². The van der Waals surface area contributed by atoms with E-state index in [1.165, 1.54) is 0 Å². The van der Waals surface area contributed by atoms with E-state index in [1.807, 2.05) is 0 Å². The molecule has 0 saturated heterocycles. The molecule has 0 heterocycles. The van der Waals surface area contributed by atoms with Gasteiger partial charge in [-0.3, -0.25) is 5.73 Å². The molecule has 3 N–H and O–H groups in total. The number of ether oxygens (including phenoxy) is 1. The lowest BCUT2D eigenvalue weighted by Crippen LogP contribution is -2.51. The Morgan fingerprint density at radius 3 is 2.36 bits per heavy atom. The second kappa shape index (κ2) is 4.32. The van der Waals surface area contributed by atoms with Gasteiger partial charge in [-0.25, -0.2) is 9.59 Å². The van der Waals surface area contributed by atoms with E-state index in [9.17, 15) is 9.59 Å². The van der Waals surface area contributed by atoms with Gasteiger partial charge in [0.25, 0.3) is 0 Å². The summed E-state index contributed by atoms with van der Waals surface area (Å²) in [5.74, 6) is -1.43. The monoisotopic (exact) mass is 202 g/mol. The third kappa shape index (κ3) is 4.13. The van der Waals surface area contributed by atoms with Crippen molar-refractivity contribution >= 4 is 12.0 Å². The number of carboxylic acids is 1. The average molecular weight is 202 g/mol. The van der Waals surface area contributed by atoms with Gasteiger partial charge in [0.1, 0.15) is 0 Å². The van der Waals surface area contributed by atoms with Crippen molar-refractivity contribution in [2.24, 2.45) is 10.7 Å². The number of aliphatic imine (C=N–C) groups is 1. The first kappa shape index (κ1) is 12.8. The van der Waals surface area contributed by atoms with Crippen LogP contribution in [0.4, 0.5) is 0 Å². The molecule has 6 nitrogen and oxygen atoms in total. The van der Waals surface area contributed by atoms with Crippen molar-refractivity contribution in [3.05, 3.63) is 0 Å². The minimum atomic E-state index is -2.05. The van der Waals surface area contributed by atoms with Gasteiger partial charge in [0.15, 0.2) is 0 Å². The van der Waals surface area contributed by atoms with Crippen LogP contribution in [0.3, 0.4) is 0 Å². The highest BCUT2D eigenvalue weighted by atomic mass is 16.5. The van der Waals surface area contributed by atoms with Gasteiger partial charge < -0.3 is 9.84 Å². The number of carbonyl (C=O) groups excluding carboxylic acids is 1. The van der Waals surface area contributed by atoms with Crippen LogP contribution in [0, 0.1) is 0 Å². The summed E-state index contributed by atoms with van der Waals surface area (Å²) in [5.41, 5.74) is 2.72. The van der Waals surface area contributed by atoms with Crippen molar-refractivity contribution in [1.82, 2.24) is 0 Å². The second-order valence-corrected chi connectivity index (χ2v) is 3.83. The quantitative estimate of drug-likeness (QED) is 0.488. The molecular weight excluding hydrogens is 188 g/mol. The molecule has 0 aliphatic heterocycles. The SMILES string of the molecule is CC(C)(C)OC[C@](N)(N=C=O)C(=O)O. The normalized spacial score (nSPS) is 15.4. The molecule has 80 valence electrons. The highest BCUT2D eigenvalue weighted by Crippen LogP contribution is 2.12. The van der Waals surface area contributed by atoms with Crippen molar-refractivity contribution in [3.63, 3.8) is 0 Å². The Kier molecular flexibility index (Phi) is 3.94. The van der Waals surface area contributed by atoms with Crippen LogP contribution in [0.5, 0.6) is 0 Å². The van der Waals surface area contributed by atoms with Crippen molar-refractivity contribution < 1.29 is 19.4 Å². The molecule has 0 aliphatic rings. The lowest BCUT2D eigenvalue weighted by atomic mass is 10.1. The number of isocyanates is 1. The summed E-state index contributed by atoms with van der Waals surface area (Å²) >= 11 is 0. The zero-order chi connectivity index (χ0) is 11.4. The van der Waals surface area contributed by atoms with Gasteiger partial charge in [0.2, 0.25) is 11.7 Å². The molecule has 0 aromatic heterocycles. The molecule has 0 unspecified atom stereocenters. The Hall–Kier alpha value is -1.23. The van der Waals surface area contributed by atoms with Gasteiger partial charge in [0.05, 0.1) is 12.2 Å². The van der Waals surface area contributed by atoms with Crippen LogP contribution in [0.2, 0.25) is 0 Å². The standard InChI is InChI=1S/C8H14N2O4/c1-7(2,3)14-4-8(9,6(12)13)10-5-11/h4,9H2,1-3H3,(H,12,13)/t8-/m0/s1. The number of carbonyl (C=O) groups is 1. The Bertz CT molecular complexity index is 261. The predicted octanol–water partition coefficient (Wildman–Crippen LogP) is -0.123. The number of hydrogen-bond donors (Lipinski definition) is 2. The molecule has 0 bridgehead atoms. The molecule has 6 heteroatoms. The molecule has 0 aromatic rings. The van der Waals surface area contributed by atoms with Crippen molar-refractivity contribution in [1.29, 1.82) is 0 Å². The van der Waals surface area contributed by atoms with Gasteiger partial charge in [-0.1, -0.05) is 0 Å². The first-order chi connectivity index (χ1) is 6.21. The summed E-state index contributed by atoms with van der Waals surface area (Å²) in [7, 11) is 0. The highest BCUT2D eigenvalue weighted by Gasteiger charge is 2.35. The molecular formula is C8H14N2O4.